The van der Waals surface area contributed by atoms with Gasteiger partial charge in [0.1, 0.15) is 0 Å². The molecular weight excluding hydrogens is 244 g/mol. The van der Waals surface area contributed by atoms with Gasteiger partial charge in [0.25, 0.3) is 0 Å². The number of methoxy groups -OCH3 is 1. The Morgan fingerprint density at radius 1 is 1.37 bits per heavy atom. The lowest BCUT2D eigenvalue weighted by Crippen LogP contribution is -2.20. The molecule has 0 radical (unpaired) electrons. The van der Waals surface area contributed by atoms with Crippen molar-refractivity contribution in [3.05, 3.63) is 23.8 Å². The molecule has 1 aromatic rings. The van der Waals surface area contributed by atoms with Gasteiger partial charge in [-0.2, -0.15) is 0 Å². The topological polar surface area (TPSA) is 59.6 Å². The van der Waals surface area contributed by atoms with E-state index in [0.717, 1.165) is 12.1 Å². The van der Waals surface area contributed by atoms with Crippen molar-refractivity contribution < 1.29 is 14.3 Å². The molecule has 0 aromatic heterocycles. The molecule has 0 bridgehead atoms. The van der Waals surface area contributed by atoms with Gasteiger partial charge < -0.3 is 20.1 Å². The van der Waals surface area contributed by atoms with Gasteiger partial charge in [0.05, 0.1) is 20.1 Å². The van der Waals surface area contributed by atoms with E-state index in [-0.39, 0.29) is 5.91 Å². The third-order valence-electron chi connectivity index (χ3n) is 2.70. The Hall–Kier alpha value is -1.75. The number of hydrogen-bond acceptors (Lipinski definition) is 4. The summed E-state index contributed by atoms with van der Waals surface area (Å²) in [6.45, 7) is 3.98. The van der Waals surface area contributed by atoms with Gasteiger partial charge in [-0.1, -0.05) is 19.1 Å². The third kappa shape index (κ3) is 4.79. The van der Waals surface area contributed by atoms with Crippen molar-refractivity contribution >= 4 is 5.91 Å². The van der Waals surface area contributed by atoms with Crippen LogP contribution in [-0.2, 0) is 11.3 Å². The van der Waals surface area contributed by atoms with Crippen LogP contribution in [0.25, 0.3) is 0 Å². The Kier molecular flexibility index (Phi) is 6.74. The first-order chi connectivity index (χ1) is 9.22. The summed E-state index contributed by atoms with van der Waals surface area (Å²) in [6.07, 6.45) is 0.329. The lowest BCUT2D eigenvalue weighted by molar-refractivity contribution is -0.121. The molecule has 0 heterocycles. The molecule has 1 aromatic carbocycles. The Morgan fingerprint density at radius 3 is 2.79 bits per heavy atom. The average Bonchev–Trinajstić information content (AvgIpc) is 2.45. The number of ether oxygens (including phenoxy) is 2. The SMILES string of the molecule is CCNCc1cccc(OC)c1OCCC(=O)NC. The van der Waals surface area contributed by atoms with Gasteiger partial charge in [0.2, 0.25) is 5.91 Å². The molecule has 2 N–H and O–H groups in total. The normalized spacial score (nSPS) is 10.1. The minimum absolute atomic E-state index is 0.0388. The van der Waals surface area contributed by atoms with Crippen LogP contribution < -0.4 is 20.1 Å². The summed E-state index contributed by atoms with van der Waals surface area (Å²) in [5, 5.41) is 5.82. The van der Waals surface area contributed by atoms with Crippen LogP contribution in [-0.4, -0.2) is 33.2 Å². The molecule has 0 spiro atoms. The highest BCUT2D eigenvalue weighted by molar-refractivity contribution is 5.75. The van der Waals surface area contributed by atoms with Gasteiger partial charge in [-0.05, 0) is 12.6 Å². The maximum atomic E-state index is 11.2. The summed E-state index contributed by atoms with van der Waals surface area (Å²) in [6, 6.07) is 5.77. The molecule has 0 fully saturated rings. The molecular formula is C14H22N2O3. The molecule has 1 amide bonds. The summed E-state index contributed by atoms with van der Waals surface area (Å²) in [4.78, 5) is 11.2. The third-order valence-corrected chi connectivity index (χ3v) is 2.70. The highest BCUT2D eigenvalue weighted by atomic mass is 16.5. The number of para-hydroxylation sites is 1. The maximum Gasteiger partial charge on any atom is 0.223 e. The van der Waals surface area contributed by atoms with Crippen LogP contribution in [0.5, 0.6) is 11.5 Å². The van der Waals surface area contributed by atoms with E-state index >= 15 is 0 Å². The molecule has 5 nitrogen and oxygen atoms in total. The average molecular weight is 266 g/mol. The Labute approximate surface area is 114 Å². The summed E-state index contributed by atoms with van der Waals surface area (Å²) in [7, 11) is 3.22. The van der Waals surface area contributed by atoms with Crippen molar-refractivity contribution in [3.63, 3.8) is 0 Å². The largest absolute Gasteiger partial charge is 0.493 e. The molecule has 0 aliphatic heterocycles. The maximum absolute atomic E-state index is 11.2. The molecule has 0 unspecified atom stereocenters. The zero-order valence-corrected chi connectivity index (χ0v) is 11.8. The van der Waals surface area contributed by atoms with Gasteiger partial charge in [-0.25, -0.2) is 0 Å². The van der Waals surface area contributed by atoms with Crippen LogP contribution in [0.3, 0.4) is 0 Å². The minimum atomic E-state index is -0.0388. The summed E-state index contributed by atoms with van der Waals surface area (Å²) in [5.41, 5.74) is 1.03. The zero-order chi connectivity index (χ0) is 14.1. The summed E-state index contributed by atoms with van der Waals surface area (Å²) >= 11 is 0. The second-order valence-corrected chi connectivity index (χ2v) is 4.00. The number of benzene rings is 1. The first kappa shape index (κ1) is 15.3. The van der Waals surface area contributed by atoms with E-state index in [4.69, 9.17) is 9.47 Å². The van der Waals surface area contributed by atoms with Crippen molar-refractivity contribution in [1.82, 2.24) is 10.6 Å². The molecule has 19 heavy (non-hydrogen) atoms. The fourth-order valence-corrected chi connectivity index (χ4v) is 1.66. The van der Waals surface area contributed by atoms with Gasteiger partial charge in [-0.15, -0.1) is 0 Å². The van der Waals surface area contributed by atoms with Crippen LogP contribution in [0, 0.1) is 0 Å². The molecule has 0 atom stereocenters. The quantitative estimate of drug-likeness (QED) is 0.745. The van der Waals surface area contributed by atoms with E-state index < -0.39 is 0 Å². The second kappa shape index (κ2) is 8.37. The molecule has 106 valence electrons. The van der Waals surface area contributed by atoms with E-state index in [1.165, 1.54) is 0 Å². The van der Waals surface area contributed by atoms with Crippen molar-refractivity contribution in [1.29, 1.82) is 0 Å². The first-order valence-electron chi connectivity index (χ1n) is 6.42. The highest BCUT2D eigenvalue weighted by Crippen LogP contribution is 2.31. The molecule has 5 heteroatoms. The second-order valence-electron chi connectivity index (χ2n) is 4.00. The van der Waals surface area contributed by atoms with Crippen LogP contribution in [0.2, 0.25) is 0 Å². The number of hydrogen-bond donors (Lipinski definition) is 2. The fraction of sp³-hybridized carbons (Fsp3) is 0.500. The van der Waals surface area contributed by atoms with E-state index in [1.807, 2.05) is 25.1 Å². The standard InChI is InChI=1S/C14H22N2O3/c1-4-16-10-11-6-5-7-12(18-3)14(11)19-9-8-13(17)15-2/h5-7,16H,4,8-10H2,1-3H3,(H,15,17). The summed E-state index contributed by atoms with van der Waals surface area (Å²) < 4.78 is 11.0. The lowest BCUT2D eigenvalue weighted by Gasteiger charge is -2.15. The Balaban J connectivity index is 2.73. The number of amides is 1. The van der Waals surface area contributed by atoms with Crippen molar-refractivity contribution in [2.24, 2.45) is 0 Å². The number of nitrogens with one attached hydrogen (secondary N) is 2. The highest BCUT2D eigenvalue weighted by Gasteiger charge is 2.10. The molecule has 0 aliphatic carbocycles. The molecule has 0 saturated carbocycles. The molecule has 1 rings (SSSR count). The van der Waals surface area contributed by atoms with Gasteiger partial charge in [0.15, 0.2) is 11.5 Å². The predicted molar refractivity (Wildman–Crippen MR) is 74.6 cm³/mol. The van der Waals surface area contributed by atoms with Crippen molar-refractivity contribution in [3.8, 4) is 11.5 Å². The van der Waals surface area contributed by atoms with Crippen molar-refractivity contribution in [2.75, 3.05) is 27.3 Å². The Morgan fingerprint density at radius 2 is 2.16 bits per heavy atom. The van der Waals surface area contributed by atoms with Crippen LogP contribution in [0.15, 0.2) is 18.2 Å². The lowest BCUT2D eigenvalue weighted by atomic mass is 10.2. The van der Waals surface area contributed by atoms with Crippen molar-refractivity contribution in [2.45, 2.75) is 19.9 Å². The van der Waals surface area contributed by atoms with Gasteiger partial charge >= 0.3 is 0 Å². The van der Waals surface area contributed by atoms with Crippen LogP contribution in [0.1, 0.15) is 18.9 Å². The van der Waals surface area contributed by atoms with Crippen LogP contribution >= 0.6 is 0 Å². The monoisotopic (exact) mass is 266 g/mol. The Bertz CT molecular complexity index is 408. The minimum Gasteiger partial charge on any atom is -0.493 e. The van der Waals surface area contributed by atoms with E-state index in [2.05, 4.69) is 10.6 Å². The fourth-order valence-electron chi connectivity index (χ4n) is 1.66. The predicted octanol–water partition coefficient (Wildman–Crippen LogP) is 1.32. The molecule has 0 saturated heterocycles. The van der Waals surface area contributed by atoms with Gasteiger partial charge in [0, 0.05) is 19.2 Å². The summed E-state index contributed by atoms with van der Waals surface area (Å²) in [5.74, 6) is 1.35. The van der Waals surface area contributed by atoms with Gasteiger partial charge in [-0.3, -0.25) is 4.79 Å². The van der Waals surface area contributed by atoms with Crippen LogP contribution in [0.4, 0.5) is 0 Å². The van der Waals surface area contributed by atoms with E-state index in [1.54, 1.807) is 14.2 Å². The van der Waals surface area contributed by atoms with E-state index in [0.29, 0.717) is 31.1 Å². The number of carbonyl (C=O) groups excluding carboxylic acids is 1. The number of rotatable bonds is 8. The molecule has 0 aliphatic rings. The zero-order valence-electron chi connectivity index (χ0n) is 11.8. The smallest absolute Gasteiger partial charge is 0.223 e. The number of carbonyl (C=O) groups is 1. The first-order valence-corrected chi connectivity index (χ1v) is 6.42. The van der Waals surface area contributed by atoms with E-state index in [9.17, 15) is 4.79 Å².